The lowest BCUT2D eigenvalue weighted by atomic mass is 10.0. The van der Waals surface area contributed by atoms with Gasteiger partial charge in [0, 0.05) is 17.1 Å². The number of ether oxygens (including phenoxy) is 1. The molecule has 2 rings (SSSR count). The molecule has 0 fully saturated rings. The second kappa shape index (κ2) is 4.67. The van der Waals surface area contributed by atoms with Crippen LogP contribution in [0.15, 0.2) is 33.4 Å². The van der Waals surface area contributed by atoms with Crippen molar-refractivity contribution in [1.29, 1.82) is 0 Å². The molecule has 0 radical (unpaired) electrons. The van der Waals surface area contributed by atoms with E-state index in [1.54, 1.807) is 13.3 Å². The summed E-state index contributed by atoms with van der Waals surface area (Å²) >= 11 is 3.49. The van der Waals surface area contributed by atoms with Crippen LogP contribution < -0.4 is 5.73 Å². The molecule has 0 bridgehead atoms. The highest BCUT2D eigenvalue weighted by Crippen LogP contribution is 2.35. The van der Waals surface area contributed by atoms with Crippen molar-refractivity contribution in [3.8, 4) is 11.1 Å². The standard InChI is InChI=1S/C11H11BrN2O2/c1-15-6-7-3-2-4-9(12)10(7)8-5-14-16-11(8)13/h2-5H,6,13H2,1H3. The number of halogens is 1. The number of hydrogen-bond donors (Lipinski definition) is 1. The minimum absolute atomic E-state index is 0.309. The van der Waals surface area contributed by atoms with E-state index in [2.05, 4.69) is 21.1 Å². The molecule has 0 saturated heterocycles. The zero-order valence-corrected chi connectivity index (χ0v) is 10.3. The summed E-state index contributed by atoms with van der Waals surface area (Å²) in [6.45, 7) is 0.513. The number of hydrogen-bond acceptors (Lipinski definition) is 4. The quantitative estimate of drug-likeness (QED) is 0.940. The molecule has 0 aliphatic rings. The van der Waals surface area contributed by atoms with Gasteiger partial charge in [-0.2, -0.15) is 0 Å². The Morgan fingerprint density at radius 1 is 1.50 bits per heavy atom. The summed E-state index contributed by atoms with van der Waals surface area (Å²) in [7, 11) is 1.65. The Hall–Kier alpha value is -1.33. The van der Waals surface area contributed by atoms with Crippen LogP contribution in [0.25, 0.3) is 11.1 Å². The van der Waals surface area contributed by atoms with Gasteiger partial charge in [0.1, 0.15) is 0 Å². The molecule has 0 atom stereocenters. The Morgan fingerprint density at radius 2 is 2.31 bits per heavy atom. The number of nitrogens with zero attached hydrogens (tertiary/aromatic N) is 1. The summed E-state index contributed by atoms with van der Waals surface area (Å²) < 4.78 is 11.0. The van der Waals surface area contributed by atoms with Gasteiger partial charge in [0.15, 0.2) is 0 Å². The molecule has 0 unspecified atom stereocenters. The fraction of sp³-hybridized carbons (Fsp3) is 0.182. The first kappa shape index (κ1) is 11.2. The van der Waals surface area contributed by atoms with Gasteiger partial charge in [-0.25, -0.2) is 0 Å². The summed E-state index contributed by atoms with van der Waals surface area (Å²) in [6.07, 6.45) is 1.61. The van der Waals surface area contributed by atoms with E-state index in [1.165, 1.54) is 0 Å². The molecule has 1 heterocycles. The summed E-state index contributed by atoms with van der Waals surface area (Å²) in [6, 6.07) is 5.88. The van der Waals surface area contributed by atoms with Crippen LogP contribution in [0.2, 0.25) is 0 Å². The van der Waals surface area contributed by atoms with E-state index in [0.29, 0.717) is 12.5 Å². The fourth-order valence-electron chi connectivity index (χ4n) is 1.58. The van der Waals surface area contributed by atoms with Gasteiger partial charge in [-0.05, 0) is 11.6 Å². The van der Waals surface area contributed by atoms with Crippen LogP contribution in [-0.4, -0.2) is 12.3 Å². The number of benzene rings is 1. The van der Waals surface area contributed by atoms with Crippen LogP contribution in [0.3, 0.4) is 0 Å². The smallest absolute Gasteiger partial charge is 0.230 e. The summed E-state index contributed by atoms with van der Waals surface area (Å²) in [4.78, 5) is 0. The average Bonchev–Trinajstić information content (AvgIpc) is 2.65. The van der Waals surface area contributed by atoms with Gasteiger partial charge in [0.2, 0.25) is 5.88 Å². The second-order valence-corrected chi connectivity index (χ2v) is 4.17. The number of nitrogen functional groups attached to an aromatic ring is 1. The van der Waals surface area contributed by atoms with E-state index in [4.69, 9.17) is 15.0 Å². The zero-order valence-electron chi connectivity index (χ0n) is 8.74. The maximum Gasteiger partial charge on any atom is 0.230 e. The second-order valence-electron chi connectivity index (χ2n) is 3.31. The van der Waals surface area contributed by atoms with E-state index in [1.807, 2.05) is 18.2 Å². The van der Waals surface area contributed by atoms with Crippen molar-refractivity contribution in [3.63, 3.8) is 0 Å². The molecule has 0 saturated carbocycles. The van der Waals surface area contributed by atoms with E-state index in [9.17, 15) is 0 Å². The molecule has 0 spiro atoms. The summed E-state index contributed by atoms with van der Waals surface area (Å²) in [5, 5.41) is 3.68. The normalized spacial score (nSPS) is 10.6. The fourth-order valence-corrected chi connectivity index (χ4v) is 2.20. The molecule has 4 nitrogen and oxygen atoms in total. The Bertz CT molecular complexity index is 496. The molecular weight excluding hydrogens is 272 g/mol. The Balaban J connectivity index is 2.58. The highest BCUT2D eigenvalue weighted by atomic mass is 79.9. The van der Waals surface area contributed by atoms with Crippen LogP contribution in [0.4, 0.5) is 5.88 Å². The first-order valence-electron chi connectivity index (χ1n) is 4.71. The third-order valence-electron chi connectivity index (χ3n) is 2.27. The molecule has 1 aromatic heterocycles. The Labute approximate surface area is 102 Å². The molecule has 0 aliphatic carbocycles. The Morgan fingerprint density at radius 3 is 2.94 bits per heavy atom. The predicted octanol–water partition coefficient (Wildman–Crippen LogP) is 2.83. The Kier molecular flexibility index (Phi) is 3.26. The maximum atomic E-state index is 5.72. The van der Waals surface area contributed by atoms with Crippen molar-refractivity contribution in [3.05, 3.63) is 34.4 Å². The topological polar surface area (TPSA) is 61.3 Å². The van der Waals surface area contributed by atoms with E-state index in [0.717, 1.165) is 21.2 Å². The molecule has 2 aromatic rings. The monoisotopic (exact) mass is 282 g/mol. The highest BCUT2D eigenvalue weighted by molar-refractivity contribution is 9.10. The molecule has 16 heavy (non-hydrogen) atoms. The average molecular weight is 283 g/mol. The van der Waals surface area contributed by atoms with Crippen molar-refractivity contribution in [2.24, 2.45) is 0 Å². The summed E-state index contributed by atoms with van der Waals surface area (Å²) in [5.41, 5.74) is 8.49. The van der Waals surface area contributed by atoms with Gasteiger partial charge >= 0.3 is 0 Å². The van der Waals surface area contributed by atoms with E-state index in [-0.39, 0.29) is 0 Å². The molecule has 84 valence electrons. The van der Waals surface area contributed by atoms with Gasteiger partial charge < -0.3 is 15.0 Å². The SMILES string of the molecule is COCc1cccc(Br)c1-c1cnoc1N. The van der Waals surface area contributed by atoms with Crippen molar-refractivity contribution >= 4 is 21.8 Å². The maximum absolute atomic E-state index is 5.72. The minimum atomic E-state index is 0.309. The number of methoxy groups -OCH3 is 1. The van der Waals surface area contributed by atoms with Crippen molar-refractivity contribution in [2.45, 2.75) is 6.61 Å². The molecule has 2 N–H and O–H groups in total. The minimum Gasteiger partial charge on any atom is -0.380 e. The van der Waals surface area contributed by atoms with E-state index >= 15 is 0 Å². The lowest BCUT2D eigenvalue weighted by Gasteiger charge is -2.09. The first-order valence-corrected chi connectivity index (χ1v) is 5.50. The number of anilines is 1. The molecular formula is C11H11BrN2O2. The van der Waals surface area contributed by atoms with Crippen LogP contribution in [-0.2, 0) is 11.3 Å². The molecule has 1 aromatic carbocycles. The van der Waals surface area contributed by atoms with Crippen LogP contribution in [0.1, 0.15) is 5.56 Å². The molecule has 0 amide bonds. The van der Waals surface area contributed by atoms with Crippen LogP contribution >= 0.6 is 15.9 Å². The van der Waals surface area contributed by atoms with Gasteiger partial charge in [0.05, 0.1) is 18.4 Å². The lowest BCUT2D eigenvalue weighted by Crippen LogP contribution is -1.94. The van der Waals surface area contributed by atoms with Gasteiger partial charge in [-0.1, -0.05) is 33.2 Å². The molecule has 0 aliphatic heterocycles. The van der Waals surface area contributed by atoms with Gasteiger partial charge in [-0.15, -0.1) is 0 Å². The highest BCUT2D eigenvalue weighted by Gasteiger charge is 2.14. The van der Waals surface area contributed by atoms with Crippen LogP contribution in [0.5, 0.6) is 0 Å². The number of nitrogens with two attached hydrogens (primary N) is 1. The number of aromatic nitrogens is 1. The number of rotatable bonds is 3. The van der Waals surface area contributed by atoms with Crippen molar-refractivity contribution in [2.75, 3.05) is 12.8 Å². The van der Waals surface area contributed by atoms with Crippen LogP contribution in [0, 0.1) is 0 Å². The third-order valence-corrected chi connectivity index (χ3v) is 2.93. The van der Waals surface area contributed by atoms with E-state index < -0.39 is 0 Å². The predicted molar refractivity (Wildman–Crippen MR) is 64.8 cm³/mol. The first-order chi connectivity index (χ1) is 7.74. The summed E-state index contributed by atoms with van der Waals surface area (Å²) in [5.74, 6) is 0.309. The molecule has 5 heteroatoms. The van der Waals surface area contributed by atoms with Crippen molar-refractivity contribution < 1.29 is 9.26 Å². The third kappa shape index (κ3) is 1.96. The lowest BCUT2D eigenvalue weighted by molar-refractivity contribution is 0.185. The zero-order chi connectivity index (χ0) is 11.5. The van der Waals surface area contributed by atoms with Gasteiger partial charge in [0.25, 0.3) is 0 Å². The van der Waals surface area contributed by atoms with Crippen molar-refractivity contribution in [1.82, 2.24) is 5.16 Å². The van der Waals surface area contributed by atoms with Gasteiger partial charge in [-0.3, -0.25) is 0 Å². The largest absolute Gasteiger partial charge is 0.380 e.